The highest BCUT2D eigenvalue weighted by molar-refractivity contribution is 5.95. The van der Waals surface area contributed by atoms with E-state index in [4.69, 9.17) is 0 Å². The number of hydrogen-bond donors (Lipinski definition) is 1. The van der Waals surface area contributed by atoms with Gasteiger partial charge in [-0.15, -0.1) is 0 Å². The molecule has 35 heavy (non-hydrogen) atoms. The molecule has 1 amide bonds. The molecule has 1 aliphatic rings. The molecule has 0 aliphatic carbocycles. The van der Waals surface area contributed by atoms with E-state index in [9.17, 15) is 18.0 Å². The van der Waals surface area contributed by atoms with Gasteiger partial charge < -0.3 is 9.47 Å². The van der Waals surface area contributed by atoms with Crippen LogP contribution in [-0.2, 0) is 12.7 Å². The van der Waals surface area contributed by atoms with Crippen molar-refractivity contribution in [2.24, 2.45) is 0 Å². The van der Waals surface area contributed by atoms with E-state index in [1.54, 1.807) is 18.7 Å². The average molecular weight is 480 g/mol. The smallest absolute Gasteiger partial charge is 0.333 e. The van der Waals surface area contributed by atoms with Gasteiger partial charge in [0, 0.05) is 36.6 Å². The maximum absolute atomic E-state index is 13.6. The number of alkyl halides is 3. The van der Waals surface area contributed by atoms with Gasteiger partial charge >= 0.3 is 6.18 Å². The number of aromatic amines is 1. The van der Waals surface area contributed by atoms with Crippen LogP contribution in [0.4, 0.5) is 13.2 Å². The van der Waals surface area contributed by atoms with E-state index >= 15 is 0 Å². The van der Waals surface area contributed by atoms with Gasteiger partial charge in [0.2, 0.25) is 0 Å². The van der Waals surface area contributed by atoms with Gasteiger partial charge in [0.15, 0.2) is 0 Å². The van der Waals surface area contributed by atoms with E-state index in [0.29, 0.717) is 29.8 Å². The first-order valence-electron chi connectivity index (χ1n) is 11.5. The quantitative estimate of drug-likeness (QED) is 0.399. The molecule has 180 valence electrons. The monoisotopic (exact) mass is 479 g/mol. The molecular weight excluding hydrogens is 455 g/mol. The number of amides is 1. The molecule has 0 unspecified atom stereocenters. The first kappa shape index (κ1) is 22.9. The van der Waals surface area contributed by atoms with Crippen LogP contribution in [0.5, 0.6) is 0 Å². The highest BCUT2D eigenvalue weighted by atomic mass is 19.4. The van der Waals surface area contributed by atoms with Crippen molar-refractivity contribution in [1.29, 1.82) is 0 Å². The molecule has 0 bridgehead atoms. The van der Waals surface area contributed by atoms with Crippen LogP contribution in [0.15, 0.2) is 73.4 Å². The number of rotatable bonds is 5. The zero-order valence-corrected chi connectivity index (χ0v) is 18.9. The Kier molecular flexibility index (Phi) is 6.15. The summed E-state index contributed by atoms with van der Waals surface area (Å²) in [4.78, 5) is 19.5. The molecule has 0 spiro atoms. The first-order valence-corrected chi connectivity index (χ1v) is 11.5. The summed E-state index contributed by atoms with van der Waals surface area (Å²) in [6.07, 6.45) is 5.12. The fourth-order valence-corrected chi connectivity index (χ4v) is 4.65. The molecule has 1 saturated heterocycles. The van der Waals surface area contributed by atoms with Crippen LogP contribution in [0, 0.1) is 0 Å². The number of H-pyrrole nitrogens is 1. The minimum Gasteiger partial charge on any atom is -0.333 e. The van der Waals surface area contributed by atoms with Crippen LogP contribution in [0.25, 0.3) is 11.1 Å². The lowest BCUT2D eigenvalue weighted by Gasteiger charge is -2.36. The molecule has 0 radical (unpaired) electrons. The van der Waals surface area contributed by atoms with Gasteiger partial charge in [-0.1, -0.05) is 24.3 Å². The molecule has 1 atom stereocenters. The SMILES string of the molecule is O=C(c1cccc(Cn2ccnc2)c1)N1CCCC[C@@H]1c1[nH]ncc1-c1ccc(C(F)(F)F)cc1. The fraction of sp³-hybridized carbons (Fsp3) is 0.269. The zero-order chi connectivity index (χ0) is 24.4. The van der Waals surface area contributed by atoms with Crippen molar-refractivity contribution in [3.63, 3.8) is 0 Å². The third-order valence-electron chi connectivity index (χ3n) is 6.39. The summed E-state index contributed by atoms with van der Waals surface area (Å²) >= 11 is 0. The number of likely N-dealkylation sites (tertiary alicyclic amines) is 1. The van der Waals surface area contributed by atoms with Crippen molar-refractivity contribution in [3.05, 3.63) is 95.8 Å². The largest absolute Gasteiger partial charge is 0.416 e. The Morgan fingerprint density at radius 1 is 1.11 bits per heavy atom. The zero-order valence-electron chi connectivity index (χ0n) is 18.9. The third kappa shape index (κ3) is 4.84. The predicted molar refractivity (Wildman–Crippen MR) is 124 cm³/mol. The Bertz CT molecular complexity index is 1300. The number of aromatic nitrogens is 4. The highest BCUT2D eigenvalue weighted by Crippen LogP contribution is 2.37. The molecule has 9 heteroatoms. The third-order valence-corrected chi connectivity index (χ3v) is 6.39. The molecule has 1 aliphatic heterocycles. The number of carbonyl (C=O) groups is 1. The fourth-order valence-electron chi connectivity index (χ4n) is 4.65. The van der Waals surface area contributed by atoms with Crippen LogP contribution < -0.4 is 0 Å². The number of imidazole rings is 1. The summed E-state index contributed by atoms with van der Waals surface area (Å²) in [5, 5.41) is 7.19. The van der Waals surface area contributed by atoms with Gasteiger partial charge in [-0.05, 0) is 54.7 Å². The van der Waals surface area contributed by atoms with E-state index in [1.165, 1.54) is 12.1 Å². The molecule has 4 aromatic rings. The molecule has 1 N–H and O–H groups in total. The summed E-state index contributed by atoms with van der Waals surface area (Å²) in [5.41, 5.74) is 2.97. The van der Waals surface area contributed by atoms with Crippen LogP contribution in [0.1, 0.15) is 52.5 Å². The molecule has 3 heterocycles. The Morgan fingerprint density at radius 3 is 2.69 bits per heavy atom. The van der Waals surface area contributed by atoms with Crippen LogP contribution in [-0.4, -0.2) is 37.1 Å². The lowest BCUT2D eigenvalue weighted by Crippen LogP contribution is -2.39. The van der Waals surface area contributed by atoms with E-state index in [0.717, 1.165) is 42.7 Å². The van der Waals surface area contributed by atoms with Crippen LogP contribution >= 0.6 is 0 Å². The maximum Gasteiger partial charge on any atom is 0.416 e. The second kappa shape index (κ2) is 9.40. The normalized spacial score (nSPS) is 16.4. The van der Waals surface area contributed by atoms with Gasteiger partial charge in [0.05, 0.1) is 29.8 Å². The molecule has 5 rings (SSSR count). The Morgan fingerprint density at radius 2 is 1.94 bits per heavy atom. The number of nitrogens with zero attached hydrogens (tertiary/aromatic N) is 4. The van der Waals surface area contributed by atoms with Crippen molar-refractivity contribution >= 4 is 5.91 Å². The summed E-state index contributed by atoms with van der Waals surface area (Å²) in [7, 11) is 0. The second-order valence-corrected chi connectivity index (χ2v) is 8.72. The van der Waals surface area contributed by atoms with Gasteiger partial charge in [-0.3, -0.25) is 9.89 Å². The molecule has 2 aromatic carbocycles. The van der Waals surface area contributed by atoms with E-state index in [-0.39, 0.29) is 11.9 Å². The van der Waals surface area contributed by atoms with Crippen molar-refractivity contribution < 1.29 is 18.0 Å². The predicted octanol–water partition coefficient (Wildman–Crippen LogP) is 5.71. The molecule has 0 saturated carbocycles. The number of piperidine rings is 1. The maximum atomic E-state index is 13.6. The number of benzene rings is 2. The number of halogens is 3. The van der Waals surface area contributed by atoms with Crippen molar-refractivity contribution in [2.75, 3.05) is 6.54 Å². The Hall–Kier alpha value is -3.88. The molecule has 2 aromatic heterocycles. The number of nitrogens with one attached hydrogen (secondary N) is 1. The van der Waals surface area contributed by atoms with E-state index < -0.39 is 11.7 Å². The summed E-state index contributed by atoms with van der Waals surface area (Å²) in [5.74, 6) is -0.0739. The molecule has 6 nitrogen and oxygen atoms in total. The van der Waals surface area contributed by atoms with Crippen molar-refractivity contribution in [2.45, 2.75) is 38.0 Å². The van der Waals surface area contributed by atoms with Crippen molar-refractivity contribution in [3.8, 4) is 11.1 Å². The summed E-state index contributed by atoms with van der Waals surface area (Å²) in [6.45, 7) is 1.21. The minimum absolute atomic E-state index is 0.0739. The van der Waals surface area contributed by atoms with E-state index in [1.807, 2.05) is 39.9 Å². The number of carbonyl (C=O) groups excluding carboxylic acids is 1. The summed E-state index contributed by atoms with van der Waals surface area (Å²) < 4.78 is 40.9. The molecular formula is C26H24F3N5O. The standard InChI is InChI=1S/C26H24F3N5O/c27-26(28,29)21-9-7-19(8-10-21)22-15-31-32-24(22)23-6-1-2-12-34(23)25(35)20-5-3-4-18(14-20)16-33-13-11-30-17-33/h3-5,7-11,13-15,17,23H,1-2,6,12,16H2,(H,31,32)/t23-/m1/s1. The van der Waals surface area contributed by atoms with Crippen molar-refractivity contribution in [1.82, 2.24) is 24.6 Å². The average Bonchev–Trinajstić information content (AvgIpc) is 3.56. The number of hydrogen-bond acceptors (Lipinski definition) is 3. The van der Waals surface area contributed by atoms with Gasteiger partial charge in [0.25, 0.3) is 5.91 Å². The van der Waals surface area contributed by atoms with E-state index in [2.05, 4.69) is 15.2 Å². The first-order chi connectivity index (χ1) is 16.9. The lowest BCUT2D eigenvalue weighted by atomic mass is 9.93. The lowest BCUT2D eigenvalue weighted by molar-refractivity contribution is -0.137. The Labute approximate surface area is 200 Å². The van der Waals surface area contributed by atoms with Crippen LogP contribution in [0.2, 0.25) is 0 Å². The van der Waals surface area contributed by atoms with Gasteiger partial charge in [-0.25, -0.2) is 4.98 Å². The second-order valence-electron chi connectivity index (χ2n) is 8.72. The Balaban J connectivity index is 1.41. The van der Waals surface area contributed by atoms with Crippen LogP contribution in [0.3, 0.4) is 0 Å². The van der Waals surface area contributed by atoms with Gasteiger partial charge in [0.1, 0.15) is 0 Å². The molecule has 1 fully saturated rings. The minimum atomic E-state index is -4.39. The summed E-state index contributed by atoms with van der Waals surface area (Å²) in [6, 6.07) is 12.4. The van der Waals surface area contributed by atoms with Gasteiger partial charge in [-0.2, -0.15) is 18.3 Å². The highest BCUT2D eigenvalue weighted by Gasteiger charge is 2.33. The topological polar surface area (TPSA) is 66.8 Å².